The predicted octanol–water partition coefficient (Wildman–Crippen LogP) is 4.91. The van der Waals surface area contributed by atoms with Crippen LogP contribution in [0.5, 0.6) is 0 Å². The lowest BCUT2D eigenvalue weighted by molar-refractivity contribution is -0.117. The largest absolute Gasteiger partial charge is 0.456 e. The maximum atomic E-state index is 13.3. The summed E-state index contributed by atoms with van der Waals surface area (Å²) in [6.45, 7) is 1.72. The number of nitrogens with one attached hydrogen (secondary N) is 1. The van der Waals surface area contributed by atoms with E-state index in [-0.39, 0.29) is 12.1 Å². The zero-order chi connectivity index (χ0) is 22.2. The normalized spacial score (nSPS) is 12.7. The first-order chi connectivity index (χ1) is 14.8. The number of nitrogens with zero attached hydrogens (tertiary/aromatic N) is 1. The third-order valence-corrected chi connectivity index (χ3v) is 6.24. The number of carbonyl (C=O) groups is 1. The van der Waals surface area contributed by atoms with Gasteiger partial charge in [-0.15, -0.1) is 0 Å². The summed E-state index contributed by atoms with van der Waals surface area (Å²) in [6.07, 6.45) is 1.25. The molecule has 0 bridgehead atoms. The molecule has 1 heterocycles. The van der Waals surface area contributed by atoms with Gasteiger partial charge < -0.3 is 9.73 Å². The molecule has 31 heavy (non-hydrogen) atoms. The first-order valence-electron chi connectivity index (χ1n) is 9.75. The van der Waals surface area contributed by atoms with Crippen LogP contribution < -0.4 is 9.62 Å². The molecule has 0 spiro atoms. The van der Waals surface area contributed by atoms with Crippen molar-refractivity contribution >= 4 is 49.2 Å². The van der Waals surface area contributed by atoms with Crippen LogP contribution in [0.4, 0.5) is 15.8 Å². The van der Waals surface area contributed by atoms with Crippen LogP contribution in [0.25, 0.3) is 21.9 Å². The van der Waals surface area contributed by atoms with E-state index in [0.29, 0.717) is 11.3 Å². The van der Waals surface area contributed by atoms with Crippen LogP contribution >= 0.6 is 0 Å². The molecule has 160 valence electrons. The molecule has 1 N–H and O–H groups in total. The maximum Gasteiger partial charge on any atom is 0.248 e. The molecular weight excluding hydrogens is 419 g/mol. The van der Waals surface area contributed by atoms with Crippen molar-refractivity contribution in [3.8, 4) is 0 Å². The molecule has 4 aromatic rings. The van der Waals surface area contributed by atoms with Gasteiger partial charge in [0.25, 0.3) is 0 Å². The Morgan fingerprint density at radius 3 is 2.39 bits per heavy atom. The smallest absolute Gasteiger partial charge is 0.248 e. The van der Waals surface area contributed by atoms with E-state index >= 15 is 0 Å². The minimum absolute atomic E-state index is 0.221. The van der Waals surface area contributed by atoms with E-state index in [4.69, 9.17) is 4.42 Å². The minimum Gasteiger partial charge on any atom is -0.456 e. The molecule has 0 aliphatic carbocycles. The number of carbonyl (C=O) groups excluding carboxylic acids is 1. The summed E-state index contributed by atoms with van der Waals surface area (Å²) >= 11 is 0. The molecule has 0 saturated heterocycles. The number of para-hydroxylation sites is 1. The van der Waals surface area contributed by atoms with E-state index in [0.717, 1.165) is 39.0 Å². The van der Waals surface area contributed by atoms with Crippen molar-refractivity contribution in [1.82, 2.24) is 0 Å². The molecule has 0 radical (unpaired) electrons. The number of amides is 1. The summed E-state index contributed by atoms with van der Waals surface area (Å²) in [5, 5.41) is 4.68. The number of fused-ring (bicyclic) bond motifs is 3. The third-order valence-electron chi connectivity index (χ3n) is 5.06. The second-order valence-corrected chi connectivity index (χ2v) is 9.12. The van der Waals surface area contributed by atoms with Gasteiger partial charge in [0.05, 0.1) is 11.9 Å². The highest BCUT2D eigenvalue weighted by Crippen LogP contribution is 2.31. The molecule has 0 aliphatic rings. The Hall–Kier alpha value is -3.39. The predicted molar refractivity (Wildman–Crippen MR) is 120 cm³/mol. The van der Waals surface area contributed by atoms with Crippen LogP contribution in [0.3, 0.4) is 0 Å². The molecule has 4 rings (SSSR count). The zero-order valence-corrected chi connectivity index (χ0v) is 17.8. The van der Waals surface area contributed by atoms with Crippen molar-refractivity contribution in [2.75, 3.05) is 15.9 Å². The Kier molecular flexibility index (Phi) is 5.41. The van der Waals surface area contributed by atoms with Crippen LogP contribution in [0.1, 0.15) is 13.3 Å². The summed E-state index contributed by atoms with van der Waals surface area (Å²) in [6, 6.07) is 16.9. The minimum atomic E-state index is -3.80. The third kappa shape index (κ3) is 4.11. The molecule has 1 atom stereocenters. The molecule has 1 amide bonds. The number of furan rings is 1. The molecule has 0 aliphatic heterocycles. The molecule has 6 nitrogen and oxygen atoms in total. The van der Waals surface area contributed by atoms with Crippen LogP contribution in [-0.2, 0) is 14.8 Å². The quantitative estimate of drug-likeness (QED) is 0.462. The summed E-state index contributed by atoms with van der Waals surface area (Å²) in [5.41, 5.74) is 2.07. The number of hydrogen-bond donors (Lipinski definition) is 1. The molecule has 0 saturated carbocycles. The van der Waals surface area contributed by atoms with Gasteiger partial charge in [0.1, 0.15) is 23.0 Å². The van der Waals surface area contributed by atoms with Crippen LogP contribution in [0.2, 0.25) is 0 Å². The molecular formula is C23H21FN2O4S. The molecule has 8 heteroatoms. The number of sulfonamides is 1. The van der Waals surface area contributed by atoms with Gasteiger partial charge in [0.15, 0.2) is 0 Å². The topological polar surface area (TPSA) is 79.6 Å². The lowest BCUT2D eigenvalue weighted by atomic mass is 10.1. The van der Waals surface area contributed by atoms with Gasteiger partial charge in [-0.25, -0.2) is 12.8 Å². The zero-order valence-electron chi connectivity index (χ0n) is 17.0. The summed E-state index contributed by atoms with van der Waals surface area (Å²) in [5.74, 6) is -0.985. The van der Waals surface area contributed by atoms with E-state index in [1.165, 1.54) is 12.1 Å². The van der Waals surface area contributed by atoms with Crippen LogP contribution in [0.15, 0.2) is 71.1 Å². The second-order valence-electron chi connectivity index (χ2n) is 7.26. The number of hydrogen-bond acceptors (Lipinski definition) is 4. The first kappa shape index (κ1) is 20.9. The van der Waals surface area contributed by atoms with Gasteiger partial charge in [-0.1, -0.05) is 25.1 Å². The highest BCUT2D eigenvalue weighted by Gasteiger charge is 2.31. The maximum absolute atomic E-state index is 13.3. The fourth-order valence-corrected chi connectivity index (χ4v) is 4.89. The van der Waals surface area contributed by atoms with Crippen molar-refractivity contribution in [2.24, 2.45) is 0 Å². The molecule has 1 aromatic heterocycles. The molecule has 0 unspecified atom stereocenters. The van der Waals surface area contributed by atoms with Crippen molar-refractivity contribution in [1.29, 1.82) is 0 Å². The number of anilines is 2. The fraction of sp³-hybridized carbons (Fsp3) is 0.174. The second kappa shape index (κ2) is 8.03. The Morgan fingerprint density at radius 2 is 1.71 bits per heavy atom. The van der Waals surface area contributed by atoms with Crippen molar-refractivity contribution in [3.63, 3.8) is 0 Å². The van der Waals surface area contributed by atoms with Gasteiger partial charge in [0, 0.05) is 22.5 Å². The Morgan fingerprint density at radius 1 is 1.03 bits per heavy atom. The highest BCUT2D eigenvalue weighted by molar-refractivity contribution is 7.92. The van der Waals surface area contributed by atoms with Gasteiger partial charge in [-0.05, 0) is 48.9 Å². The number of benzene rings is 3. The average Bonchev–Trinajstić information content (AvgIpc) is 3.09. The average molecular weight is 440 g/mol. The lowest BCUT2D eigenvalue weighted by Gasteiger charge is -2.30. The number of halogens is 1. The van der Waals surface area contributed by atoms with Crippen LogP contribution in [-0.4, -0.2) is 26.6 Å². The van der Waals surface area contributed by atoms with Gasteiger partial charge in [0.2, 0.25) is 15.9 Å². The van der Waals surface area contributed by atoms with Crippen molar-refractivity contribution < 1.29 is 22.0 Å². The van der Waals surface area contributed by atoms with E-state index in [2.05, 4.69) is 5.32 Å². The van der Waals surface area contributed by atoms with E-state index < -0.39 is 27.8 Å². The summed E-state index contributed by atoms with van der Waals surface area (Å²) in [4.78, 5) is 13.1. The molecule has 0 fully saturated rings. The van der Waals surface area contributed by atoms with Gasteiger partial charge in [-0.3, -0.25) is 9.10 Å². The Balaban J connectivity index is 1.66. The standard InChI is InChI=1S/C23H21FN2O4S/c1-3-20(26(31(2,28)29)17-11-8-15(24)9-12-17)23(27)25-16-10-13-19-18-6-4-5-7-21(18)30-22(19)14-16/h4-14,20H,3H2,1-2H3,(H,25,27)/t20-/m0/s1. The van der Waals surface area contributed by atoms with E-state index in [9.17, 15) is 17.6 Å². The van der Waals surface area contributed by atoms with E-state index in [1.54, 1.807) is 19.1 Å². The fourth-order valence-electron chi connectivity index (χ4n) is 3.68. The Bertz CT molecular complexity index is 1360. The van der Waals surface area contributed by atoms with E-state index in [1.807, 2.05) is 30.3 Å². The highest BCUT2D eigenvalue weighted by atomic mass is 32.2. The molecule has 3 aromatic carbocycles. The van der Waals surface area contributed by atoms with Crippen molar-refractivity contribution in [2.45, 2.75) is 19.4 Å². The summed E-state index contributed by atoms with van der Waals surface area (Å²) < 4.78 is 45.2. The Labute approximate surface area is 179 Å². The van der Waals surface area contributed by atoms with Gasteiger partial charge >= 0.3 is 0 Å². The SMILES string of the molecule is CC[C@@H](C(=O)Nc1ccc2c(c1)oc1ccccc12)N(c1ccc(F)cc1)S(C)(=O)=O. The van der Waals surface area contributed by atoms with Gasteiger partial charge in [-0.2, -0.15) is 0 Å². The van der Waals surface area contributed by atoms with Crippen molar-refractivity contribution in [3.05, 3.63) is 72.5 Å². The lowest BCUT2D eigenvalue weighted by Crippen LogP contribution is -2.47. The first-order valence-corrected chi connectivity index (χ1v) is 11.6. The monoisotopic (exact) mass is 440 g/mol. The summed E-state index contributed by atoms with van der Waals surface area (Å²) in [7, 11) is -3.80. The van der Waals surface area contributed by atoms with Crippen LogP contribution in [0, 0.1) is 5.82 Å². The number of rotatable bonds is 6.